The zero-order chi connectivity index (χ0) is 11.7. The first-order chi connectivity index (χ1) is 7.59. The van der Waals surface area contributed by atoms with E-state index in [1.54, 1.807) is 16.7 Å². The fraction of sp³-hybridized carbons (Fsp3) is 0.167. The number of hydrogen-bond acceptors (Lipinski definition) is 2. The molecule has 0 fully saturated rings. The molecule has 0 bridgehead atoms. The average Bonchev–Trinajstić information content (AvgIpc) is 2.57. The lowest BCUT2D eigenvalue weighted by molar-refractivity contribution is -0.136. The number of nitrogens with zero attached hydrogens (tertiary/aromatic N) is 1. The van der Waals surface area contributed by atoms with Crippen LogP contribution in [0, 0.1) is 0 Å². The minimum atomic E-state index is -0.897. The Bertz CT molecular complexity index is 569. The first-order valence-corrected chi connectivity index (χ1v) is 4.91. The quantitative estimate of drug-likeness (QED) is 0.797. The maximum atomic E-state index is 11.4. The SMILES string of the molecule is CC(=O)c1cc(CC(=O)O)c2ccccn12. The third kappa shape index (κ3) is 1.69. The predicted octanol–water partition coefficient (Wildman–Crippen LogP) is 1.77. The Morgan fingerprint density at radius 1 is 1.38 bits per heavy atom. The van der Waals surface area contributed by atoms with Gasteiger partial charge in [-0.1, -0.05) is 6.07 Å². The van der Waals surface area contributed by atoms with Crippen molar-refractivity contribution in [2.45, 2.75) is 13.3 Å². The molecule has 0 aliphatic carbocycles. The van der Waals surface area contributed by atoms with Gasteiger partial charge in [-0.15, -0.1) is 0 Å². The van der Waals surface area contributed by atoms with E-state index < -0.39 is 5.97 Å². The predicted molar refractivity (Wildman–Crippen MR) is 58.7 cm³/mol. The van der Waals surface area contributed by atoms with Gasteiger partial charge in [0.15, 0.2) is 5.78 Å². The Labute approximate surface area is 92.1 Å². The van der Waals surface area contributed by atoms with Crippen LogP contribution in [-0.2, 0) is 11.2 Å². The topological polar surface area (TPSA) is 58.8 Å². The van der Waals surface area contributed by atoms with Crippen molar-refractivity contribution in [3.05, 3.63) is 41.7 Å². The number of aliphatic carboxylic acids is 1. The second kappa shape index (κ2) is 3.81. The largest absolute Gasteiger partial charge is 0.481 e. The molecule has 0 saturated carbocycles. The van der Waals surface area contributed by atoms with E-state index in [0.717, 1.165) is 5.52 Å². The molecule has 4 heteroatoms. The monoisotopic (exact) mass is 217 g/mol. The van der Waals surface area contributed by atoms with Gasteiger partial charge < -0.3 is 9.51 Å². The van der Waals surface area contributed by atoms with Crippen molar-refractivity contribution in [3.8, 4) is 0 Å². The molecule has 0 aromatic carbocycles. The van der Waals surface area contributed by atoms with E-state index in [1.807, 2.05) is 18.2 Å². The summed E-state index contributed by atoms with van der Waals surface area (Å²) in [6.07, 6.45) is 1.69. The van der Waals surface area contributed by atoms with Gasteiger partial charge in [-0.05, 0) is 23.8 Å². The van der Waals surface area contributed by atoms with E-state index >= 15 is 0 Å². The summed E-state index contributed by atoms with van der Waals surface area (Å²) in [6.45, 7) is 1.47. The van der Waals surface area contributed by atoms with E-state index in [4.69, 9.17) is 5.11 Å². The number of fused-ring (bicyclic) bond motifs is 1. The van der Waals surface area contributed by atoms with Crippen LogP contribution in [0.2, 0.25) is 0 Å². The minimum Gasteiger partial charge on any atom is -0.481 e. The van der Waals surface area contributed by atoms with Crippen molar-refractivity contribution in [1.82, 2.24) is 4.40 Å². The number of carbonyl (C=O) groups excluding carboxylic acids is 1. The molecule has 0 unspecified atom stereocenters. The number of carboxylic acid groups (broad SMARTS) is 1. The molecule has 0 atom stereocenters. The number of hydrogen-bond donors (Lipinski definition) is 1. The molecule has 0 saturated heterocycles. The molecule has 2 aromatic rings. The fourth-order valence-electron chi connectivity index (χ4n) is 1.80. The molecule has 0 aliphatic rings. The van der Waals surface area contributed by atoms with Gasteiger partial charge in [0.1, 0.15) is 0 Å². The zero-order valence-corrected chi connectivity index (χ0v) is 8.80. The summed E-state index contributed by atoms with van der Waals surface area (Å²) < 4.78 is 1.72. The van der Waals surface area contributed by atoms with Gasteiger partial charge in [-0.3, -0.25) is 9.59 Å². The lowest BCUT2D eigenvalue weighted by atomic mass is 10.2. The van der Waals surface area contributed by atoms with Crippen LogP contribution in [0.4, 0.5) is 0 Å². The molecular weight excluding hydrogens is 206 g/mol. The number of rotatable bonds is 3. The van der Waals surface area contributed by atoms with Crippen molar-refractivity contribution in [2.75, 3.05) is 0 Å². The van der Waals surface area contributed by atoms with E-state index in [9.17, 15) is 9.59 Å². The van der Waals surface area contributed by atoms with Gasteiger partial charge in [-0.2, -0.15) is 0 Å². The van der Waals surface area contributed by atoms with E-state index in [-0.39, 0.29) is 12.2 Å². The first kappa shape index (κ1) is 10.4. The zero-order valence-electron chi connectivity index (χ0n) is 8.80. The highest BCUT2D eigenvalue weighted by Gasteiger charge is 2.13. The summed E-state index contributed by atoms with van der Waals surface area (Å²) in [7, 11) is 0. The van der Waals surface area contributed by atoms with E-state index in [0.29, 0.717) is 11.3 Å². The van der Waals surface area contributed by atoms with Crippen molar-refractivity contribution in [2.24, 2.45) is 0 Å². The normalized spacial score (nSPS) is 10.6. The molecule has 2 rings (SSSR count). The Kier molecular flexibility index (Phi) is 2.48. The summed E-state index contributed by atoms with van der Waals surface area (Å²) >= 11 is 0. The Balaban J connectivity index is 2.66. The van der Waals surface area contributed by atoms with Crippen molar-refractivity contribution < 1.29 is 14.7 Å². The molecule has 0 aliphatic heterocycles. The maximum absolute atomic E-state index is 11.4. The van der Waals surface area contributed by atoms with Crippen LogP contribution in [0.3, 0.4) is 0 Å². The molecule has 2 heterocycles. The Morgan fingerprint density at radius 2 is 2.12 bits per heavy atom. The van der Waals surface area contributed by atoms with Crippen LogP contribution in [0.15, 0.2) is 30.5 Å². The van der Waals surface area contributed by atoms with Crippen LogP contribution in [-0.4, -0.2) is 21.3 Å². The van der Waals surface area contributed by atoms with Gasteiger partial charge in [0.2, 0.25) is 0 Å². The summed E-state index contributed by atoms with van der Waals surface area (Å²) in [5, 5.41) is 8.78. The lowest BCUT2D eigenvalue weighted by Gasteiger charge is -1.98. The lowest BCUT2D eigenvalue weighted by Crippen LogP contribution is -1.99. The highest BCUT2D eigenvalue weighted by molar-refractivity contribution is 5.95. The van der Waals surface area contributed by atoms with Crippen LogP contribution in [0.1, 0.15) is 23.0 Å². The smallest absolute Gasteiger partial charge is 0.307 e. The van der Waals surface area contributed by atoms with Crippen LogP contribution in [0.25, 0.3) is 5.52 Å². The van der Waals surface area contributed by atoms with Gasteiger partial charge in [-0.25, -0.2) is 0 Å². The van der Waals surface area contributed by atoms with Gasteiger partial charge in [0, 0.05) is 18.6 Å². The molecule has 16 heavy (non-hydrogen) atoms. The molecule has 0 amide bonds. The second-order valence-electron chi connectivity index (χ2n) is 3.64. The van der Waals surface area contributed by atoms with E-state index in [2.05, 4.69) is 0 Å². The molecule has 1 N–H and O–H groups in total. The first-order valence-electron chi connectivity index (χ1n) is 4.91. The van der Waals surface area contributed by atoms with Crippen LogP contribution in [0.5, 0.6) is 0 Å². The minimum absolute atomic E-state index is 0.0687. The molecule has 4 nitrogen and oxygen atoms in total. The van der Waals surface area contributed by atoms with Gasteiger partial charge in [0.05, 0.1) is 12.1 Å². The molecule has 0 spiro atoms. The second-order valence-corrected chi connectivity index (χ2v) is 3.64. The third-order valence-electron chi connectivity index (χ3n) is 2.46. The number of ketones is 1. The number of Topliss-reactive ketones (excluding diaryl/α,β-unsaturated/α-hetero) is 1. The average molecular weight is 217 g/mol. The van der Waals surface area contributed by atoms with E-state index in [1.165, 1.54) is 6.92 Å². The summed E-state index contributed by atoms with van der Waals surface area (Å²) in [6, 6.07) is 7.09. The summed E-state index contributed by atoms with van der Waals surface area (Å²) in [5.74, 6) is -0.968. The number of pyridine rings is 1. The third-order valence-corrected chi connectivity index (χ3v) is 2.46. The summed E-state index contributed by atoms with van der Waals surface area (Å²) in [4.78, 5) is 22.1. The molecule has 2 aromatic heterocycles. The Morgan fingerprint density at radius 3 is 2.75 bits per heavy atom. The molecular formula is C12H11NO3. The van der Waals surface area contributed by atoms with Crippen molar-refractivity contribution in [3.63, 3.8) is 0 Å². The number of carboxylic acids is 1. The molecule has 0 radical (unpaired) electrons. The fourth-order valence-corrected chi connectivity index (χ4v) is 1.80. The molecule has 82 valence electrons. The van der Waals surface area contributed by atoms with Gasteiger partial charge >= 0.3 is 5.97 Å². The van der Waals surface area contributed by atoms with Crippen LogP contribution < -0.4 is 0 Å². The van der Waals surface area contributed by atoms with Crippen LogP contribution >= 0.6 is 0 Å². The summed E-state index contributed by atoms with van der Waals surface area (Å²) in [5.41, 5.74) is 1.96. The Hall–Kier alpha value is -2.10. The number of aromatic nitrogens is 1. The highest BCUT2D eigenvalue weighted by atomic mass is 16.4. The standard InChI is InChI=1S/C12H11NO3/c1-8(14)11-6-9(7-12(15)16)10-4-2-3-5-13(10)11/h2-6H,7H2,1H3,(H,15,16). The highest BCUT2D eigenvalue weighted by Crippen LogP contribution is 2.18. The van der Waals surface area contributed by atoms with Crippen molar-refractivity contribution in [1.29, 1.82) is 0 Å². The maximum Gasteiger partial charge on any atom is 0.307 e. The number of carbonyl (C=O) groups is 2. The van der Waals surface area contributed by atoms with Gasteiger partial charge in [0.25, 0.3) is 0 Å². The van der Waals surface area contributed by atoms with Crippen molar-refractivity contribution >= 4 is 17.3 Å².